The van der Waals surface area contributed by atoms with E-state index >= 15 is 0 Å². The van der Waals surface area contributed by atoms with Crippen LogP contribution < -0.4 is 0 Å². The summed E-state index contributed by atoms with van der Waals surface area (Å²) in [5, 5.41) is 18.8. The molecule has 2 N–H and O–H groups in total. The van der Waals surface area contributed by atoms with Crippen LogP contribution in [0.25, 0.3) is 0 Å². The first-order chi connectivity index (χ1) is 10.0. The third-order valence-corrected chi connectivity index (χ3v) is 5.13. The lowest BCUT2D eigenvalue weighted by Crippen LogP contribution is -2.52. The molecule has 0 aliphatic carbocycles. The highest BCUT2D eigenvalue weighted by Crippen LogP contribution is 2.45. The van der Waals surface area contributed by atoms with Crippen molar-refractivity contribution in [3.63, 3.8) is 0 Å². The van der Waals surface area contributed by atoms with Crippen molar-refractivity contribution >= 4 is 11.8 Å². The Labute approximate surface area is 130 Å². The molecule has 0 radical (unpaired) electrons. The number of alkyl halides is 3. The van der Waals surface area contributed by atoms with Crippen molar-refractivity contribution in [3.8, 4) is 0 Å². The van der Waals surface area contributed by atoms with Gasteiger partial charge < -0.3 is 10.2 Å². The van der Waals surface area contributed by atoms with Gasteiger partial charge in [0.1, 0.15) is 5.82 Å². The molecule has 0 saturated carbocycles. The molecule has 1 heterocycles. The minimum absolute atomic E-state index is 0.200. The molecule has 2 rings (SSSR count). The lowest BCUT2D eigenvalue weighted by Gasteiger charge is -2.37. The van der Waals surface area contributed by atoms with E-state index in [1.165, 1.54) is 31.7 Å². The van der Waals surface area contributed by atoms with E-state index in [1.807, 2.05) is 0 Å². The minimum Gasteiger partial charge on any atom is -0.393 e. The number of fused-ring (bicyclic) bond motifs is 1. The van der Waals surface area contributed by atoms with Crippen LogP contribution in [0.4, 0.5) is 17.6 Å². The summed E-state index contributed by atoms with van der Waals surface area (Å²) in [5.41, 5.74) is -3.62. The lowest BCUT2D eigenvalue weighted by atomic mass is 9.73. The molecular weight excluding hydrogens is 320 g/mol. The zero-order valence-electron chi connectivity index (χ0n) is 12.3. The van der Waals surface area contributed by atoms with E-state index in [0.29, 0.717) is 12.0 Å². The monoisotopic (exact) mass is 338 g/mol. The van der Waals surface area contributed by atoms with Crippen molar-refractivity contribution < 1.29 is 27.8 Å². The molecule has 1 aliphatic heterocycles. The van der Waals surface area contributed by atoms with Crippen LogP contribution in [0.5, 0.6) is 0 Å². The van der Waals surface area contributed by atoms with E-state index in [-0.39, 0.29) is 5.56 Å². The second-order valence-corrected chi connectivity index (χ2v) is 7.38. The Bertz CT molecular complexity index is 571. The molecule has 0 fully saturated rings. The topological polar surface area (TPSA) is 40.5 Å². The number of aliphatic hydroxyl groups excluding tert-OH is 1. The molecule has 0 aromatic heterocycles. The average molecular weight is 338 g/mol. The summed E-state index contributed by atoms with van der Waals surface area (Å²) in [5.74, 6) is 0.180. The minimum atomic E-state index is -4.98. The molecule has 0 amide bonds. The Balaban J connectivity index is 2.46. The van der Waals surface area contributed by atoms with E-state index in [2.05, 4.69) is 0 Å². The Kier molecular flexibility index (Phi) is 4.54. The smallest absolute Gasteiger partial charge is 0.393 e. The summed E-state index contributed by atoms with van der Waals surface area (Å²) in [7, 11) is 0. The molecule has 1 aliphatic rings. The van der Waals surface area contributed by atoms with Gasteiger partial charge in [0.15, 0.2) is 5.60 Å². The van der Waals surface area contributed by atoms with E-state index in [9.17, 15) is 22.7 Å². The van der Waals surface area contributed by atoms with Crippen LogP contribution in [0.2, 0.25) is 0 Å². The maximum absolute atomic E-state index is 14.3. The normalized spacial score (nSPS) is 18.2. The van der Waals surface area contributed by atoms with Crippen LogP contribution in [0.15, 0.2) is 17.0 Å². The summed E-state index contributed by atoms with van der Waals surface area (Å²) < 4.78 is 53.3. The third-order valence-electron chi connectivity index (χ3n) is 4.03. The fraction of sp³-hybridized carbons (Fsp3) is 0.600. The Morgan fingerprint density at radius 1 is 1.23 bits per heavy atom. The SMILES string of the molecule is CC(C)(C[C@@](O)(CO)C(F)(F)F)c1c(F)ccc2c1CCS2. The van der Waals surface area contributed by atoms with Crippen molar-refractivity contribution in [2.45, 2.75) is 48.8 Å². The first-order valence-electron chi connectivity index (χ1n) is 6.86. The maximum atomic E-state index is 14.3. The van der Waals surface area contributed by atoms with Gasteiger partial charge in [-0.25, -0.2) is 4.39 Å². The molecule has 0 spiro atoms. The van der Waals surface area contributed by atoms with Gasteiger partial charge in [-0.2, -0.15) is 13.2 Å². The first-order valence-corrected chi connectivity index (χ1v) is 7.85. The maximum Gasteiger partial charge on any atom is 0.419 e. The Hall–Kier alpha value is -0.790. The molecule has 1 atom stereocenters. The molecule has 0 bridgehead atoms. The van der Waals surface area contributed by atoms with Gasteiger partial charge in [0.05, 0.1) is 6.61 Å². The molecule has 0 saturated heterocycles. The van der Waals surface area contributed by atoms with Crippen molar-refractivity contribution in [1.29, 1.82) is 0 Å². The molecule has 1 aromatic rings. The highest BCUT2D eigenvalue weighted by molar-refractivity contribution is 7.99. The zero-order chi connectivity index (χ0) is 16.8. The van der Waals surface area contributed by atoms with Crippen molar-refractivity contribution in [1.82, 2.24) is 0 Å². The Morgan fingerprint density at radius 2 is 1.86 bits per heavy atom. The molecule has 7 heteroatoms. The van der Waals surface area contributed by atoms with Crippen LogP contribution >= 0.6 is 11.8 Å². The van der Waals surface area contributed by atoms with Gasteiger partial charge in [0, 0.05) is 10.6 Å². The lowest BCUT2D eigenvalue weighted by molar-refractivity contribution is -0.277. The largest absolute Gasteiger partial charge is 0.419 e. The molecule has 0 unspecified atom stereocenters. The van der Waals surface area contributed by atoms with Crippen LogP contribution in [0.1, 0.15) is 31.4 Å². The number of halogens is 4. The van der Waals surface area contributed by atoms with Gasteiger partial charge in [0.2, 0.25) is 0 Å². The quantitative estimate of drug-likeness (QED) is 0.827. The summed E-state index contributed by atoms with van der Waals surface area (Å²) >= 11 is 1.54. The number of benzene rings is 1. The Morgan fingerprint density at radius 3 is 2.41 bits per heavy atom. The predicted molar refractivity (Wildman–Crippen MR) is 76.6 cm³/mol. The fourth-order valence-corrected chi connectivity index (χ4v) is 4.11. The van der Waals surface area contributed by atoms with Crippen molar-refractivity contribution in [2.75, 3.05) is 12.4 Å². The van der Waals surface area contributed by atoms with Gasteiger partial charge >= 0.3 is 6.18 Å². The van der Waals surface area contributed by atoms with Crippen molar-refractivity contribution in [2.24, 2.45) is 0 Å². The van der Waals surface area contributed by atoms with Crippen LogP contribution in [0, 0.1) is 5.82 Å². The number of aliphatic hydroxyl groups is 2. The van der Waals surface area contributed by atoms with Gasteiger partial charge in [-0.05, 0) is 41.5 Å². The predicted octanol–water partition coefficient (Wildman–Crippen LogP) is 3.43. The van der Waals surface area contributed by atoms with E-state index in [4.69, 9.17) is 5.11 Å². The average Bonchev–Trinajstić information content (AvgIpc) is 2.84. The molecule has 22 heavy (non-hydrogen) atoms. The van der Waals surface area contributed by atoms with E-state index in [1.54, 1.807) is 6.07 Å². The number of hydrogen-bond donors (Lipinski definition) is 2. The van der Waals surface area contributed by atoms with E-state index < -0.39 is 36.0 Å². The standard InChI is InChI=1S/C15H18F4O2S/c1-13(2,7-14(21,8-20)15(17,18)19)12-9-5-6-22-11(9)4-3-10(12)16/h3-4,20-21H,5-8H2,1-2H3/t14-/m1/s1. The van der Waals surface area contributed by atoms with Crippen LogP contribution in [0.3, 0.4) is 0 Å². The summed E-state index contributed by atoms with van der Waals surface area (Å²) in [4.78, 5) is 0.865. The summed E-state index contributed by atoms with van der Waals surface area (Å²) in [6.45, 7) is 1.47. The van der Waals surface area contributed by atoms with E-state index in [0.717, 1.165) is 10.6 Å². The molecule has 2 nitrogen and oxygen atoms in total. The number of thioether (sulfide) groups is 1. The van der Waals surface area contributed by atoms with Crippen LogP contribution in [-0.2, 0) is 11.8 Å². The summed E-state index contributed by atoms with van der Waals surface area (Å²) in [6.07, 6.45) is -5.21. The second kappa shape index (κ2) is 5.69. The number of rotatable bonds is 4. The first kappa shape index (κ1) is 17.6. The number of hydrogen-bond acceptors (Lipinski definition) is 3. The van der Waals surface area contributed by atoms with Crippen LogP contribution in [-0.4, -0.2) is 34.4 Å². The van der Waals surface area contributed by atoms with Gasteiger partial charge in [0.25, 0.3) is 0 Å². The van der Waals surface area contributed by atoms with Gasteiger partial charge in [-0.1, -0.05) is 13.8 Å². The molecule has 1 aromatic carbocycles. The third kappa shape index (κ3) is 2.98. The fourth-order valence-electron chi connectivity index (χ4n) is 3.04. The molecular formula is C15H18F4O2S. The summed E-state index contributed by atoms with van der Waals surface area (Å²) in [6, 6.07) is 2.88. The van der Waals surface area contributed by atoms with Gasteiger partial charge in [-0.3, -0.25) is 0 Å². The zero-order valence-corrected chi connectivity index (χ0v) is 13.1. The second-order valence-electron chi connectivity index (χ2n) is 6.25. The highest BCUT2D eigenvalue weighted by atomic mass is 32.2. The highest BCUT2D eigenvalue weighted by Gasteiger charge is 2.56. The van der Waals surface area contributed by atoms with Crippen molar-refractivity contribution in [3.05, 3.63) is 29.1 Å². The molecule has 124 valence electrons. The van der Waals surface area contributed by atoms with Gasteiger partial charge in [-0.15, -0.1) is 11.8 Å².